The van der Waals surface area contributed by atoms with Gasteiger partial charge in [-0.3, -0.25) is 0 Å². The Kier molecular flexibility index (Phi) is 4.30. The van der Waals surface area contributed by atoms with Crippen LogP contribution in [-0.2, 0) is 6.42 Å². The summed E-state index contributed by atoms with van der Waals surface area (Å²) in [5.74, 6) is -2.94. The molecule has 0 radical (unpaired) electrons. The Morgan fingerprint density at radius 3 is 2.72 bits per heavy atom. The molecule has 1 aromatic rings. The minimum Gasteiger partial charge on any atom is -0.385 e. The highest BCUT2D eigenvalue weighted by Crippen LogP contribution is 2.33. The normalized spacial score (nSPS) is 27.1. The molecule has 2 nitrogen and oxygen atoms in total. The molecule has 0 aromatic heterocycles. The van der Waals surface area contributed by atoms with Crippen molar-refractivity contribution in [1.29, 1.82) is 0 Å². The molecule has 1 aliphatic rings. The number of aliphatic hydroxyl groups is 1. The van der Waals surface area contributed by atoms with Crippen LogP contribution in [0.1, 0.15) is 24.8 Å². The molecule has 1 saturated carbocycles. The standard InChI is InChI=1S/C14H19F2NO/c15-14(16)9-4-7-12(13(14)18)17-10-8-11-5-2-1-3-6-11/h1-3,5-6,12-13,17-18H,4,7-10H2/t12-,13+/m1/s1. The van der Waals surface area contributed by atoms with E-state index in [0.29, 0.717) is 19.4 Å². The molecule has 1 aromatic carbocycles. The summed E-state index contributed by atoms with van der Waals surface area (Å²) in [6.45, 7) is 0.613. The third kappa shape index (κ3) is 3.27. The third-order valence-corrected chi connectivity index (χ3v) is 3.50. The third-order valence-electron chi connectivity index (χ3n) is 3.50. The topological polar surface area (TPSA) is 32.3 Å². The highest BCUT2D eigenvalue weighted by molar-refractivity contribution is 5.14. The Bertz CT molecular complexity index is 369. The zero-order valence-electron chi connectivity index (χ0n) is 10.3. The van der Waals surface area contributed by atoms with Gasteiger partial charge < -0.3 is 10.4 Å². The minimum absolute atomic E-state index is 0.203. The maximum absolute atomic E-state index is 13.3. The van der Waals surface area contributed by atoms with E-state index in [1.165, 1.54) is 5.56 Å². The minimum atomic E-state index is -2.94. The van der Waals surface area contributed by atoms with Gasteiger partial charge >= 0.3 is 0 Å². The van der Waals surface area contributed by atoms with Crippen molar-refractivity contribution in [2.75, 3.05) is 6.54 Å². The molecular formula is C14H19F2NO. The van der Waals surface area contributed by atoms with Crippen molar-refractivity contribution in [2.45, 2.75) is 43.8 Å². The second-order valence-corrected chi connectivity index (χ2v) is 4.89. The molecule has 2 atom stereocenters. The van der Waals surface area contributed by atoms with Gasteiger partial charge in [0.1, 0.15) is 6.10 Å². The van der Waals surface area contributed by atoms with E-state index in [0.717, 1.165) is 6.42 Å². The van der Waals surface area contributed by atoms with Crippen molar-refractivity contribution in [3.63, 3.8) is 0 Å². The summed E-state index contributed by atoms with van der Waals surface area (Å²) in [4.78, 5) is 0. The van der Waals surface area contributed by atoms with Crippen LogP contribution in [0.4, 0.5) is 8.78 Å². The van der Waals surface area contributed by atoms with Crippen molar-refractivity contribution in [2.24, 2.45) is 0 Å². The van der Waals surface area contributed by atoms with Crippen LogP contribution in [0.5, 0.6) is 0 Å². The number of hydrogen-bond acceptors (Lipinski definition) is 2. The van der Waals surface area contributed by atoms with E-state index in [1.807, 2.05) is 30.3 Å². The summed E-state index contributed by atoms with van der Waals surface area (Å²) in [7, 11) is 0. The van der Waals surface area contributed by atoms with Crippen LogP contribution >= 0.6 is 0 Å². The molecule has 1 fully saturated rings. The Hall–Kier alpha value is -1.00. The molecule has 0 spiro atoms. The van der Waals surface area contributed by atoms with Gasteiger partial charge in [-0.15, -0.1) is 0 Å². The Labute approximate surface area is 106 Å². The van der Waals surface area contributed by atoms with Gasteiger partial charge in [-0.1, -0.05) is 30.3 Å². The van der Waals surface area contributed by atoms with Gasteiger partial charge in [0.25, 0.3) is 5.92 Å². The Balaban J connectivity index is 1.80. The van der Waals surface area contributed by atoms with Crippen LogP contribution in [0.15, 0.2) is 30.3 Å². The molecule has 100 valence electrons. The molecule has 4 heteroatoms. The molecule has 2 rings (SSSR count). The van der Waals surface area contributed by atoms with Gasteiger partial charge in [0.05, 0.1) is 0 Å². The van der Waals surface area contributed by atoms with E-state index in [4.69, 9.17) is 0 Å². The smallest absolute Gasteiger partial charge is 0.274 e. The fourth-order valence-electron chi connectivity index (χ4n) is 2.42. The molecule has 0 unspecified atom stereocenters. The van der Waals surface area contributed by atoms with Crippen molar-refractivity contribution in [3.8, 4) is 0 Å². The average molecular weight is 255 g/mol. The summed E-state index contributed by atoms with van der Waals surface area (Å²) in [6.07, 6.45) is 0.112. The number of hydrogen-bond donors (Lipinski definition) is 2. The van der Waals surface area contributed by atoms with Crippen LogP contribution in [0, 0.1) is 0 Å². The van der Waals surface area contributed by atoms with Gasteiger partial charge in [-0.2, -0.15) is 0 Å². The molecule has 0 aliphatic heterocycles. The lowest BCUT2D eigenvalue weighted by atomic mass is 9.89. The lowest BCUT2D eigenvalue weighted by Crippen LogP contribution is -2.53. The molecule has 1 aliphatic carbocycles. The lowest BCUT2D eigenvalue weighted by molar-refractivity contribution is -0.143. The SMILES string of the molecule is O[C@H]1[C@H](NCCc2ccccc2)CCCC1(F)F. The van der Waals surface area contributed by atoms with E-state index < -0.39 is 18.1 Å². The van der Waals surface area contributed by atoms with Crippen molar-refractivity contribution >= 4 is 0 Å². The zero-order chi connectivity index (χ0) is 13.0. The van der Waals surface area contributed by atoms with E-state index >= 15 is 0 Å². The molecule has 18 heavy (non-hydrogen) atoms. The first-order valence-electron chi connectivity index (χ1n) is 6.43. The number of benzene rings is 1. The number of nitrogens with one attached hydrogen (secondary N) is 1. The first-order chi connectivity index (χ1) is 8.59. The molecule has 0 heterocycles. The van der Waals surface area contributed by atoms with Crippen LogP contribution in [0.3, 0.4) is 0 Å². The summed E-state index contributed by atoms with van der Waals surface area (Å²) in [6, 6.07) is 9.39. The second kappa shape index (κ2) is 5.76. The van der Waals surface area contributed by atoms with Gasteiger partial charge in [0.2, 0.25) is 0 Å². The predicted octanol–water partition coefficient (Wildman–Crippen LogP) is 2.37. The van der Waals surface area contributed by atoms with Crippen molar-refractivity contribution in [3.05, 3.63) is 35.9 Å². The van der Waals surface area contributed by atoms with Gasteiger partial charge in [0.15, 0.2) is 0 Å². The molecule has 0 amide bonds. The maximum Gasteiger partial charge on any atom is 0.274 e. The quantitative estimate of drug-likeness (QED) is 0.865. The summed E-state index contributed by atoms with van der Waals surface area (Å²) in [5.41, 5.74) is 1.17. The lowest BCUT2D eigenvalue weighted by Gasteiger charge is -2.35. The fraction of sp³-hybridized carbons (Fsp3) is 0.571. The van der Waals surface area contributed by atoms with Crippen LogP contribution < -0.4 is 5.32 Å². The predicted molar refractivity (Wildman–Crippen MR) is 66.7 cm³/mol. The van der Waals surface area contributed by atoms with Gasteiger partial charge in [-0.05, 0) is 31.4 Å². The fourth-order valence-corrected chi connectivity index (χ4v) is 2.42. The largest absolute Gasteiger partial charge is 0.385 e. The monoisotopic (exact) mass is 255 g/mol. The average Bonchev–Trinajstić information content (AvgIpc) is 2.36. The highest BCUT2D eigenvalue weighted by Gasteiger charge is 2.45. The number of halogens is 2. The summed E-state index contributed by atoms with van der Waals surface area (Å²) < 4.78 is 26.6. The van der Waals surface area contributed by atoms with Crippen LogP contribution in [0.2, 0.25) is 0 Å². The second-order valence-electron chi connectivity index (χ2n) is 4.89. The molecule has 2 N–H and O–H groups in total. The van der Waals surface area contributed by atoms with Crippen molar-refractivity contribution in [1.82, 2.24) is 5.32 Å². The summed E-state index contributed by atoms with van der Waals surface area (Å²) >= 11 is 0. The number of rotatable bonds is 4. The first kappa shape index (κ1) is 13.4. The Morgan fingerprint density at radius 1 is 1.28 bits per heavy atom. The maximum atomic E-state index is 13.3. The van der Waals surface area contributed by atoms with Gasteiger partial charge in [0, 0.05) is 12.5 Å². The summed E-state index contributed by atoms with van der Waals surface area (Å²) in [5, 5.41) is 12.6. The van der Waals surface area contributed by atoms with Gasteiger partial charge in [-0.25, -0.2) is 8.78 Å². The van der Waals surface area contributed by atoms with Crippen molar-refractivity contribution < 1.29 is 13.9 Å². The zero-order valence-corrected chi connectivity index (χ0v) is 10.3. The van der Waals surface area contributed by atoms with E-state index in [2.05, 4.69) is 5.32 Å². The van der Waals surface area contributed by atoms with E-state index in [9.17, 15) is 13.9 Å². The molecular weight excluding hydrogens is 236 g/mol. The Morgan fingerprint density at radius 2 is 2.00 bits per heavy atom. The molecule has 0 bridgehead atoms. The van der Waals surface area contributed by atoms with E-state index in [-0.39, 0.29) is 6.42 Å². The first-order valence-corrected chi connectivity index (χ1v) is 6.43. The van der Waals surface area contributed by atoms with Crippen LogP contribution in [-0.4, -0.2) is 29.7 Å². The molecule has 0 saturated heterocycles. The van der Waals surface area contributed by atoms with E-state index in [1.54, 1.807) is 0 Å². The number of aliphatic hydroxyl groups excluding tert-OH is 1. The highest BCUT2D eigenvalue weighted by atomic mass is 19.3. The number of alkyl halides is 2. The van der Waals surface area contributed by atoms with Crippen LogP contribution in [0.25, 0.3) is 0 Å².